The molecule has 0 atom stereocenters. The molecule has 1 aromatic carbocycles. The topological polar surface area (TPSA) is 85.5 Å². The van der Waals surface area contributed by atoms with Gasteiger partial charge in [0.1, 0.15) is 11.3 Å². The first-order valence-corrected chi connectivity index (χ1v) is 5.88. The average molecular weight is 262 g/mol. The molecule has 0 saturated carbocycles. The molecule has 0 saturated heterocycles. The van der Waals surface area contributed by atoms with E-state index in [1.54, 1.807) is 6.07 Å². The minimum atomic E-state index is -0.631. The van der Waals surface area contributed by atoms with Crippen LogP contribution in [-0.2, 0) is 17.8 Å². The van der Waals surface area contributed by atoms with Crippen LogP contribution in [0.2, 0.25) is 0 Å². The molecule has 6 heteroatoms. The third kappa shape index (κ3) is 3.09. The Morgan fingerprint density at radius 2 is 2.26 bits per heavy atom. The maximum Gasteiger partial charge on any atom is 0.342 e. The molecule has 2 aromatic rings. The Balaban J connectivity index is 2.01. The normalized spacial score (nSPS) is 10.4. The summed E-state index contributed by atoms with van der Waals surface area (Å²) in [6.07, 6.45) is 0.649. The Morgan fingerprint density at radius 1 is 1.47 bits per heavy atom. The quantitative estimate of drug-likeness (QED) is 0.848. The summed E-state index contributed by atoms with van der Waals surface area (Å²) in [6, 6.07) is 4.73. The zero-order valence-corrected chi connectivity index (χ0v) is 10.7. The maximum atomic E-state index is 11.8. The Hall–Kier alpha value is -2.37. The van der Waals surface area contributed by atoms with Crippen LogP contribution < -0.4 is 0 Å². The highest BCUT2D eigenvalue weighted by Crippen LogP contribution is 2.19. The van der Waals surface area contributed by atoms with Crippen LogP contribution >= 0.6 is 0 Å². The molecule has 0 aliphatic rings. The van der Waals surface area contributed by atoms with E-state index < -0.39 is 5.97 Å². The summed E-state index contributed by atoms with van der Waals surface area (Å²) in [6.45, 7) is 3.60. The molecule has 19 heavy (non-hydrogen) atoms. The molecule has 0 amide bonds. The predicted octanol–water partition coefficient (Wildman–Crippen LogP) is 2.00. The number of aromatic hydroxyl groups is 1. The van der Waals surface area contributed by atoms with Crippen molar-refractivity contribution >= 4 is 5.97 Å². The molecular formula is C13H14N2O4. The fourth-order valence-corrected chi connectivity index (χ4v) is 1.51. The maximum absolute atomic E-state index is 11.8. The summed E-state index contributed by atoms with van der Waals surface area (Å²) in [5.74, 6) is 0.0551. The molecule has 0 radical (unpaired) electrons. The van der Waals surface area contributed by atoms with Crippen LogP contribution in [0.5, 0.6) is 5.75 Å². The van der Waals surface area contributed by atoms with Crippen molar-refractivity contribution in [2.24, 2.45) is 0 Å². The first-order chi connectivity index (χ1) is 9.10. The fourth-order valence-electron chi connectivity index (χ4n) is 1.51. The van der Waals surface area contributed by atoms with Gasteiger partial charge in [-0.25, -0.2) is 4.79 Å². The molecule has 0 aliphatic heterocycles. The number of phenols is 1. The number of nitrogens with zero attached hydrogens (tertiary/aromatic N) is 2. The van der Waals surface area contributed by atoms with Crippen LogP contribution in [0.25, 0.3) is 0 Å². The number of hydrogen-bond acceptors (Lipinski definition) is 6. The second-order valence-electron chi connectivity index (χ2n) is 4.05. The highest BCUT2D eigenvalue weighted by Gasteiger charge is 2.14. The van der Waals surface area contributed by atoms with Crippen molar-refractivity contribution in [2.75, 3.05) is 0 Å². The van der Waals surface area contributed by atoms with Crippen molar-refractivity contribution in [3.63, 3.8) is 0 Å². The van der Waals surface area contributed by atoms with Gasteiger partial charge in [0.25, 0.3) is 5.89 Å². The van der Waals surface area contributed by atoms with Gasteiger partial charge in [0.2, 0.25) is 0 Å². The number of carbonyl (C=O) groups is 1. The number of benzene rings is 1. The van der Waals surface area contributed by atoms with Crippen molar-refractivity contribution in [3.8, 4) is 5.75 Å². The Bertz CT molecular complexity index is 592. The summed E-state index contributed by atoms with van der Waals surface area (Å²) in [5, 5.41) is 13.3. The van der Waals surface area contributed by atoms with Gasteiger partial charge in [-0.3, -0.25) is 0 Å². The van der Waals surface area contributed by atoms with Crippen molar-refractivity contribution in [1.29, 1.82) is 0 Å². The monoisotopic (exact) mass is 262 g/mol. The van der Waals surface area contributed by atoms with Gasteiger partial charge in [-0.1, -0.05) is 18.1 Å². The highest BCUT2D eigenvalue weighted by molar-refractivity contribution is 5.92. The van der Waals surface area contributed by atoms with Crippen molar-refractivity contribution in [3.05, 3.63) is 41.0 Å². The molecule has 1 aromatic heterocycles. The van der Waals surface area contributed by atoms with Crippen LogP contribution in [0.4, 0.5) is 0 Å². The summed E-state index contributed by atoms with van der Waals surface area (Å²) in [4.78, 5) is 15.8. The zero-order chi connectivity index (χ0) is 13.8. The van der Waals surface area contributed by atoms with Crippen LogP contribution in [0.15, 0.2) is 22.7 Å². The summed E-state index contributed by atoms with van der Waals surface area (Å²) in [7, 11) is 0. The van der Waals surface area contributed by atoms with Gasteiger partial charge < -0.3 is 14.4 Å². The minimum Gasteiger partial charge on any atom is -0.507 e. The molecule has 0 spiro atoms. The molecule has 1 heterocycles. The van der Waals surface area contributed by atoms with Crippen molar-refractivity contribution < 1.29 is 19.2 Å². The lowest BCUT2D eigenvalue weighted by Crippen LogP contribution is -2.06. The van der Waals surface area contributed by atoms with E-state index in [0.29, 0.717) is 12.2 Å². The molecule has 6 nitrogen and oxygen atoms in total. The third-order valence-corrected chi connectivity index (χ3v) is 2.53. The standard InChI is InChI=1S/C13H14N2O4/c1-3-11-14-12(19-15-11)7-18-13(17)9-5-4-8(2)6-10(9)16/h4-6,16H,3,7H2,1-2H3. The Labute approximate surface area is 110 Å². The van der Waals surface area contributed by atoms with Crippen LogP contribution in [0.1, 0.15) is 34.6 Å². The number of aromatic nitrogens is 2. The Morgan fingerprint density at radius 3 is 2.89 bits per heavy atom. The first kappa shape index (κ1) is 13.1. The number of aryl methyl sites for hydroxylation is 2. The lowest BCUT2D eigenvalue weighted by Gasteiger charge is -2.04. The summed E-state index contributed by atoms with van der Waals surface area (Å²) < 4.78 is 9.89. The summed E-state index contributed by atoms with van der Waals surface area (Å²) in [5.41, 5.74) is 0.972. The number of hydrogen-bond donors (Lipinski definition) is 1. The fraction of sp³-hybridized carbons (Fsp3) is 0.308. The van der Waals surface area contributed by atoms with Crippen LogP contribution in [0.3, 0.4) is 0 Å². The van der Waals surface area contributed by atoms with E-state index in [0.717, 1.165) is 5.56 Å². The van der Waals surface area contributed by atoms with E-state index in [1.165, 1.54) is 12.1 Å². The molecule has 1 N–H and O–H groups in total. The van der Waals surface area contributed by atoms with E-state index in [4.69, 9.17) is 9.26 Å². The lowest BCUT2D eigenvalue weighted by molar-refractivity contribution is 0.0426. The van der Waals surface area contributed by atoms with Gasteiger partial charge in [-0.15, -0.1) is 0 Å². The van der Waals surface area contributed by atoms with Gasteiger partial charge in [0.15, 0.2) is 12.4 Å². The number of phenolic OH excluding ortho intramolecular Hbond substituents is 1. The van der Waals surface area contributed by atoms with Crippen molar-refractivity contribution in [2.45, 2.75) is 26.9 Å². The van der Waals surface area contributed by atoms with Gasteiger partial charge in [0, 0.05) is 6.42 Å². The van der Waals surface area contributed by atoms with E-state index in [1.807, 2.05) is 13.8 Å². The largest absolute Gasteiger partial charge is 0.507 e. The second kappa shape index (κ2) is 5.51. The van der Waals surface area contributed by atoms with Crippen molar-refractivity contribution in [1.82, 2.24) is 10.1 Å². The van der Waals surface area contributed by atoms with E-state index in [-0.39, 0.29) is 23.8 Å². The van der Waals surface area contributed by atoms with Crippen LogP contribution in [0, 0.1) is 6.92 Å². The van der Waals surface area contributed by atoms with Gasteiger partial charge in [-0.05, 0) is 24.6 Å². The lowest BCUT2D eigenvalue weighted by atomic mass is 10.1. The summed E-state index contributed by atoms with van der Waals surface area (Å²) >= 11 is 0. The predicted molar refractivity (Wildman–Crippen MR) is 65.6 cm³/mol. The minimum absolute atomic E-state index is 0.107. The Kier molecular flexibility index (Phi) is 3.79. The molecule has 2 rings (SSSR count). The van der Waals surface area contributed by atoms with Crippen LogP contribution in [-0.4, -0.2) is 21.2 Å². The number of ether oxygens (including phenoxy) is 1. The molecular weight excluding hydrogens is 248 g/mol. The smallest absolute Gasteiger partial charge is 0.342 e. The van der Waals surface area contributed by atoms with Gasteiger partial charge >= 0.3 is 5.97 Å². The molecule has 0 bridgehead atoms. The van der Waals surface area contributed by atoms with Gasteiger partial charge in [-0.2, -0.15) is 4.98 Å². The van der Waals surface area contributed by atoms with Gasteiger partial charge in [0.05, 0.1) is 0 Å². The SMILES string of the molecule is CCc1noc(COC(=O)c2ccc(C)cc2O)n1. The van der Waals surface area contributed by atoms with E-state index >= 15 is 0 Å². The number of rotatable bonds is 4. The third-order valence-electron chi connectivity index (χ3n) is 2.53. The zero-order valence-electron chi connectivity index (χ0n) is 10.7. The second-order valence-corrected chi connectivity index (χ2v) is 4.05. The average Bonchev–Trinajstić information content (AvgIpc) is 2.84. The number of esters is 1. The van der Waals surface area contributed by atoms with E-state index in [2.05, 4.69) is 10.1 Å². The molecule has 0 aliphatic carbocycles. The molecule has 100 valence electrons. The molecule has 0 fully saturated rings. The number of carbonyl (C=O) groups excluding carboxylic acids is 1. The van der Waals surface area contributed by atoms with E-state index in [9.17, 15) is 9.90 Å². The highest BCUT2D eigenvalue weighted by atomic mass is 16.6. The molecule has 0 unspecified atom stereocenters. The first-order valence-electron chi connectivity index (χ1n) is 5.88.